The number of anilines is 1. The normalized spacial score (nSPS) is 24.4. The van der Waals surface area contributed by atoms with Crippen LogP contribution in [0.1, 0.15) is 67.9 Å². The van der Waals surface area contributed by atoms with Crippen LogP contribution in [0.2, 0.25) is 0 Å². The van der Waals surface area contributed by atoms with Crippen molar-refractivity contribution in [3.63, 3.8) is 0 Å². The van der Waals surface area contributed by atoms with Crippen LogP contribution in [0.3, 0.4) is 0 Å². The second-order valence-corrected chi connectivity index (χ2v) is 8.68. The van der Waals surface area contributed by atoms with Crippen LogP contribution >= 0.6 is 0 Å². The molecule has 0 aromatic heterocycles. The van der Waals surface area contributed by atoms with Gasteiger partial charge in [-0.2, -0.15) is 13.2 Å². The maximum atomic E-state index is 13.9. The number of fused-ring (bicyclic) bond motifs is 3. The number of hydrogen-bond acceptors (Lipinski definition) is 4. The van der Waals surface area contributed by atoms with Crippen LogP contribution in [0.5, 0.6) is 0 Å². The summed E-state index contributed by atoms with van der Waals surface area (Å²) in [6.45, 7) is 2.05. The summed E-state index contributed by atoms with van der Waals surface area (Å²) >= 11 is 0. The van der Waals surface area contributed by atoms with E-state index in [1.54, 1.807) is 12.1 Å². The van der Waals surface area contributed by atoms with Crippen molar-refractivity contribution in [1.29, 1.82) is 0 Å². The van der Waals surface area contributed by atoms with Gasteiger partial charge in [0, 0.05) is 23.6 Å². The summed E-state index contributed by atoms with van der Waals surface area (Å²) in [7, 11) is 0. The largest absolute Gasteiger partial charge is 0.463 e. The molecule has 1 fully saturated rings. The first kappa shape index (κ1) is 23.5. The summed E-state index contributed by atoms with van der Waals surface area (Å²) in [5.41, 5.74) is 0.912. The van der Waals surface area contributed by atoms with E-state index in [9.17, 15) is 22.4 Å². The standard InChI is InChI=1S/C25H27F4NO3/c1-2-3-7-22(31)32-14-18-9-10-19-23(15-5-4-6-17(26)12-15)30-21-11-8-16(25(27,28)29)13-20(21)24(19)33-18/h4-6,8,11-13,18-19,23-24,30H,2-3,7,9-10,14H2,1H3/t18?,19-,23-,24-/m0/s1. The van der Waals surface area contributed by atoms with E-state index in [-0.39, 0.29) is 30.4 Å². The molecule has 0 aliphatic carbocycles. The van der Waals surface area contributed by atoms with E-state index in [4.69, 9.17) is 9.47 Å². The van der Waals surface area contributed by atoms with Crippen molar-refractivity contribution in [3.05, 3.63) is 65.0 Å². The number of alkyl halides is 3. The van der Waals surface area contributed by atoms with Gasteiger partial charge < -0.3 is 14.8 Å². The fourth-order valence-electron chi connectivity index (χ4n) is 4.66. The third kappa shape index (κ3) is 5.32. The van der Waals surface area contributed by atoms with E-state index in [1.807, 2.05) is 6.92 Å². The lowest BCUT2D eigenvalue weighted by atomic mass is 9.76. The Balaban J connectivity index is 1.61. The highest BCUT2D eigenvalue weighted by atomic mass is 19.4. The molecule has 1 N–H and O–H groups in total. The second-order valence-electron chi connectivity index (χ2n) is 8.68. The molecule has 0 amide bonds. The molecule has 4 atom stereocenters. The minimum absolute atomic E-state index is 0.0676. The molecule has 2 aromatic rings. The highest BCUT2D eigenvalue weighted by Gasteiger charge is 2.44. The number of carbonyl (C=O) groups excluding carboxylic acids is 1. The number of nitrogens with one attached hydrogen (secondary N) is 1. The molecule has 1 unspecified atom stereocenters. The van der Waals surface area contributed by atoms with Gasteiger partial charge in [-0.15, -0.1) is 0 Å². The number of hydrogen-bond donors (Lipinski definition) is 1. The number of esters is 1. The predicted molar refractivity (Wildman–Crippen MR) is 115 cm³/mol. The summed E-state index contributed by atoms with van der Waals surface area (Å²) in [6, 6.07) is 9.45. The van der Waals surface area contributed by atoms with Gasteiger partial charge in [-0.25, -0.2) is 4.39 Å². The third-order valence-electron chi connectivity index (χ3n) is 6.35. The molecule has 1 saturated heterocycles. The molecule has 2 aliphatic rings. The summed E-state index contributed by atoms with van der Waals surface area (Å²) in [6.07, 6.45) is -2.36. The van der Waals surface area contributed by atoms with E-state index in [2.05, 4.69) is 5.32 Å². The van der Waals surface area contributed by atoms with Gasteiger partial charge in [0.2, 0.25) is 0 Å². The monoisotopic (exact) mass is 465 g/mol. The van der Waals surface area contributed by atoms with Crippen molar-refractivity contribution < 1.29 is 31.8 Å². The average Bonchev–Trinajstić information content (AvgIpc) is 2.79. The first-order chi connectivity index (χ1) is 15.8. The Bertz CT molecular complexity index is 994. The van der Waals surface area contributed by atoms with Crippen molar-refractivity contribution >= 4 is 11.7 Å². The highest BCUT2D eigenvalue weighted by molar-refractivity contribution is 5.69. The number of halogens is 4. The average molecular weight is 465 g/mol. The first-order valence-electron chi connectivity index (χ1n) is 11.3. The highest BCUT2D eigenvalue weighted by Crippen LogP contribution is 2.51. The molecule has 4 rings (SSSR count). The van der Waals surface area contributed by atoms with Gasteiger partial charge in [0.15, 0.2) is 0 Å². The summed E-state index contributed by atoms with van der Waals surface area (Å²) < 4.78 is 65.7. The molecular weight excluding hydrogens is 438 g/mol. The lowest BCUT2D eigenvalue weighted by Crippen LogP contribution is -2.40. The molecule has 0 bridgehead atoms. The number of ether oxygens (including phenoxy) is 2. The minimum Gasteiger partial charge on any atom is -0.463 e. The molecule has 4 nitrogen and oxygen atoms in total. The first-order valence-corrected chi connectivity index (χ1v) is 11.3. The van der Waals surface area contributed by atoms with E-state index in [0.717, 1.165) is 25.0 Å². The Labute approximate surface area is 190 Å². The third-order valence-corrected chi connectivity index (χ3v) is 6.35. The smallest absolute Gasteiger partial charge is 0.416 e. The predicted octanol–water partition coefficient (Wildman–Crippen LogP) is 6.58. The molecule has 0 radical (unpaired) electrons. The molecule has 2 aromatic carbocycles. The maximum Gasteiger partial charge on any atom is 0.416 e. The van der Waals surface area contributed by atoms with Crippen LogP contribution in [-0.2, 0) is 20.4 Å². The zero-order chi connectivity index (χ0) is 23.6. The summed E-state index contributed by atoms with van der Waals surface area (Å²) in [5, 5.41) is 3.31. The minimum atomic E-state index is -4.48. The number of benzene rings is 2. The number of carbonyl (C=O) groups is 1. The zero-order valence-electron chi connectivity index (χ0n) is 18.3. The molecule has 2 heterocycles. The van der Waals surface area contributed by atoms with Crippen molar-refractivity contribution in [2.75, 3.05) is 11.9 Å². The molecule has 2 aliphatic heterocycles. The Morgan fingerprint density at radius 3 is 2.73 bits per heavy atom. The molecule has 8 heteroatoms. The zero-order valence-corrected chi connectivity index (χ0v) is 18.3. The molecule has 178 valence electrons. The van der Waals surface area contributed by atoms with Crippen LogP contribution in [0.25, 0.3) is 0 Å². The van der Waals surface area contributed by atoms with E-state index in [1.165, 1.54) is 18.2 Å². The van der Waals surface area contributed by atoms with Gasteiger partial charge in [-0.1, -0.05) is 25.5 Å². The van der Waals surface area contributed by atoms with Gasteiger partial charge in [0.1, 0.15) is 12.4 Å². The number of unbranched alkanes of at least 4 members (excludes halogenated alkanes) is 1. The summed E-state index contributed by atoms with van der Waals surface area (Å²) in [4.78, 5) is 11.9. The molecular formula is C25H27F4NO3. The van der Waals surface area contributed by atoms with Gasteiger partial charge in [-0.05, 0) is 55.2 Å². The van der Waals surface area contributed by atoms with E-state index < -0.39 is 23.9 Å². The van der Waals surface area contributed by atoms with Crippen LogP contribution in [-0.4, -0.2) is 18.7 Å². The second kappa shape index (κ2) is 9.71. The van der Waals surface area contributed by atoms with Gasteiger partial charge in [0.05, 0.1) is 23.8 Å². The van der Waals surface area contributed by atoms with Crippen molar-refractivity contribution in [1.82, 2.24) is 0 Å². The quantitative estimate of drug-likeness (QED) is 0.387. The van der Waals surface area contributed by atoms with Crippen molar-refractivity contribution in [3.8, 4) is 0 Å². The fourth-order valence-corrected chi connectivity index (χ4v) is 4.66. The lowest BCUT2D eigenvalue weighted by molar-refractivity contribution is -0.157. The van der Waals surface area contributed by atoms with Crippen LogP contribution in [0, 0.1) is 11.7 Å². The van der Waals surface area contributed by atoms with Crippen molar-refractivity contribution in [2.45, 2.75) is 63.5 Å². The maximum absolute atomic E-state index is 13.9. The number of rotatable bonds is 6. The van der Waals surface area contributed by atoms with Crippen LogP contribution in [0.4, 0.5) is 23.2 Å². The lowest BCUT2D eigenvalue weighted by Gasteiger charge is -2.45. The Kier molecular flexibility index (Phi) is 6.93. The molecule has 33 heavy (non-hydrogen) atoms. The summed E-state index contributed by atoms with van der Waals surface area (Å²) in [5.74, 6) is -0.877. The topological polar surface area (TPSA) is 47.6 Å². The van der Waals surface area contributed by atoms with Gasteiger partial charge in [0.25, 0.3) is 0 Å². The Hall–Kier alpha value is -2.61. The van der Waals surface area contributed by atoms with E-state index >= 15 is 0 Å². The van der Waals surface area contributed by atoms with Gasteiger partial charge >= 0.3 is 12.1 Å². The van der Waals surface area contributed by atoms with Crippen LogP contribution in [0.15, 0.2) is 42.5 Å². The molecule has 0 spiro atoms. The SMILES string of the molecule is CCCCC(=O)OCC1CC[C@@H]2[C@H](O1)c1cc(C(F)(F)F)ccc1N[C@H]2c1cccc(F)c1. The van der Waals surface area contributed by atoms with E-state index in [0.29, 0.717) is 36.1 Å². The molecule has 0 saturated carbocycles. The van der Waals surface area contributed by atoms with Crippen molar-refractivity contribution in [2.24, 2.45) is 5.92 Å². The Morgan fingerprint density at radius 2 is 2.00 bits per heavy atom. The van der Waals surface area contributed by atoms with Crippen LogP contribution < -0.4 is 5.32 Å². The van der Waals surface area contributed by atoms with Gasteiger partial charge in [-0.3, -0.25) is 4.79 Å². The Morgan fingerprint density at radius 1 is 1.18 bits per heavy atom. The fraction of sp³-hybridized carbons (Fsp3) is 0.480.